The zero-order valence-electron chi connectivity index (χ0n) is 18.5. The Morgan fingerprint density at radius 2 is 1.97 bits per heavy atom. The number of nitrogens with zero attached hydrogens (tertiary/aromatic N) is 4. The smallest absolute Gasteiger partial charge is 0.406 e. The van der Waals surface area contributed by atoms with Crippen LogP contribution < -0.4 is 21.1 Å². The number of alkyl halides is 3. The molecule has 1 unspecified atom stereocenters. The van der Waals surface area contributed by atoms with Gasteiger partial charge < -0.3 is 21.1 Å². The highest BCUT2D eigenvalue weighted by Gasteiger charge is 2.32. The van der Waals surface area contributed by atoms with Gasteiger partial charge in [-0.3, -0.25) is 9.59 Å². The van der Waals surface area contributed by atoms with E-state index in [-0.39, 0.29) is 17.4 Å². The van der Waals surface area contributed by atoms with E-state index in [0.29, 0.717) is 6.07 Å². The molecular formula is C19H20F3N7O5S. The number of amides is 2. The largest absolute Gasteiger partial charge is 0.573 e. The van der Waals surface area contributed by atoms with E-state index in [1.807, 2.05) is 0 Å². The molecular weight excluding hydrogens is 495 g/mol. The Morgan fingerprint density at radius 1 is 1.29 bits per heavy atom. The number of aliphatic imine (C=N–C) groups is 1. The fourth-order valence-corrected chi connectivity index (χ4v) is 3.77. The third kappa shape index (κ3) is 6.34. The molecule has 0 spiro atoms. The van der Waals surface area contributed by atoms with Crippen molar-refractivity contribution in [3.05, 3.63) is 47.7 Å². The molecule has 16 heteroatoms. The average Bonchev–Trinajstić information content (AvgIpc) is 3.21. The fourth-order valence-electron chi connectivity index (χ4n) is 3.10. The van der Waals surface area contributed by atoms with Gasteiger partial charge in [0.05, 0.1) is 10.9 Å². The van der Waals surface area contributed by atoms with Crippen molar-refractivity contribution in [2.24, 2.45) is 10.7 Å². The van der Waals surface area contributed by atoms with Gasteiger partial charge in [0.2, 0.25) is 0 Å². The van der Waals surface area contributed by atoms with Crippen molar-refractivity contribution in [1.82, 2.24) is 25.4 Å². The van der Waals surface area contributed by atoms with Crippen LogP contribution in [0.4, 0.5) is 13.2 Å². The van der Waals surface area contributed by atoms with Crippen molar-refractivity contribution in [2.75, 3.05) is 6.26 Å². The first-order valence-electron chi connectivity index (χ1n) is 9.82. The third-order valence-electron chi connectivity index (χ3n) is 4.56. The second-order valence-electron chi connectivity index (χ2n) is 7.47. The molecule has 0 aliphatic carbocycles. The minimum atomic E-state index is -5.10. The molecule has 1 aliphatic rings. The van der Waals surface area contributed by atoms with Gasteiger partial charge in [-0.2, -0.15) is 9.78 Å². The van der Waals surface area contributed by atoms with Crippen LogP contribution in [0.25, 0.3) is 0 Å². The van der Waals surface area contributed by atoms with Crippen LogP contribution in [0.1, 0.15) is 36.1 Å². The molecule has 2 atom stereocenters. The van der Waals surface area contributed by atoms with Gasteiger partial charge in [0.1, 0.15) is 23.9 Å². The summed E-state index contributed by atoms with van der Waals surface area (Å²) in [6.07, 6.45) is -2.33. The second-order valence-corrected chi connectivity index (χ2v) is 9.48. The summed E-state index contributed by atoms with van der Waals surface area (Å²) in [5.41, 5.74) is 5.00. The van der Waals surface area contributed by atoms with Crippen molar-refractivity contribution in [3.8, 4) is 5.75 Å². The average molecular weight is 515 g/mol. The molecule has 35 heavy (non-hydrogen) atoms. The molecule has 0 saturated carbocycles. The summed E-state index contributed by atoms with van der Waals surface area (Å²) >= 11 is 0. The molecule has 2 amide bonds. The molecule has 1 aromatic heterocycles. The zero-order valence-corrected chi connectivity index (χ0v) is 19.3. The van der Waals surface area contributed by atoms with Gasteiger partial charge in [-0.25, -0.2) is 18.4 Å². The monoisotopic (exact) mass is 515 g/mol. The number of aromatic nitrogens is 3. The number of ether oxygens (including phenoxy) is 1. The number of halogens is 3. The number of hydrogen-bond donors (Lipinski definition) is 3. The summed E-state index contributed by atoms with van der Waals surface area (Å²) in [5, 5.41) is 9.34. The third-order valence-corrected chi connectivity index (χ3v) is 5.65. The van der Waals surface area contributed by atoms with Crippen molar-refractivity contribution < 1.29 is 35.9 Å². The molecule has 12 nitrogen and oxygen atoms in total. The predicted molar refractivity (Wildman–Crippen MR) is 115 cm³/mol. The van der Waals surface area contributed by atoms with Gasteiger partial charge in [-0.1, -0.05) is 0 Å². The number of allylic oxidation sites excluding steroid dienone is 1. The quantitative estimate of drug-likeness (QED) is 0.503. The first-order chi connectivity index (χ1) is 16.1. The highest BCUT2D eigenvalue weighted by Crippen LogP contribution is 2.27. The second kappa shape index (κ2) is 9.36. The van der Waals surface area contributed by atoms with Gasteiger partial charge in [0.15, 0.2) is 21.5 Å². The molecule has 2 heterocycles. The van der Waals surface area contributed by atoms with E-state index in [0.717, 1.165) is 18.4 Å². The van der Waals surface area contributed by atoms with Gasteiger partial charge in [-0.15, -0.1) is 13.2 Å². The van der Waals surface area contributed by atoms with Gasteiger partial charge in [-0.05, 0) is 32.0 Å². The Balaban J connectivity index is 1.91. The maximum absolute atomic E-state index is 12.8. The molecule has 1 aliphatic heterocycles. The normalized spacial score (nSPS) is 17.0. The van der Waals surface area contributed by atoms with Crippen LogP contribution in [0.3, 0.4) is 0 Å². The maximum Gasteiger partial charge on any atom is 0.573 e. The van der Waals surface area contributed by atoms with Crippen molar-refractivity contribution >= 4 is 27.5 Å². The molecule has 1 aromatic carbocycles. The minimum Gasteiger partial charge on any atom is -0.406 e. The lowest BCUT2D eigenvalue weighted by Crippen LogP contribution is -2.38. The van der Waals surface area contributed by atoms with Crippen LogP contribution in [0.5, 0.6) is 5.75 Å². The summed E-state index contributed by atoms with van der Waals surface area (Å²) in [6.45, 7) is 3.17. The zero-order chi connectivity index (χ0) is 26.1. The van der Waals surface area contributed by atoms with E-state index < -0.39 is 56.4 Å². The molecule has 4 N–H and O–H groups in total. The van der Waals surface area contributed by atoms with Gasteiger partial charge >= 0.3 is 6.36 Å². The summed E-state index contributed by atoms with van der Waals surface area (Å²) in [4.78, 5) is 32.2. The first-order valence-corrected chi connectivity index (χ1v) is 11.7. The molecule has 0 saturated heterocycles. The van der Waals surface area contributed by atoms with Crippen molar-refractivity contribution in [1.29, 1.82) is 0 Å². The molecule has 2 aromatic rings. The lowest BCUT2D eigenvalue weighted by Gasteiger charge is -2.21. The number of benzene rings is 1. The number of nitrogens with one attached hydrogen (secondary N) is 2. The van der Waals surface area contributed by atoms with E-state index in [4.69, 9.17) is 5.73 Å². The van der Waals surface area contributed by atoms with E-state index >= 15 is 0 Å². The number of carbonyl (C=O) groups is 2. The standard InChI is InChI=1S/C19H20F3N7O5S/c1-9(17-24-8-25-29(17)15-7-14(16(23)30)27-10(2)28-15)26-18(31)11-4-12(34-19(20,21)22)6-13(5-11)35(3,32)33/h4-10,27H,1-3H3,(H2,23,30)(H,26,31)/t9-,10?/m0/s1. The Labute approximate surface area is 197 Å². The Hall–Kier alpha value is -3.95. The highest BCUT2D eigenvalue weighted by molar-refractivity contribution is 7.90. The molecule has 188 valence electrons. The number of sulfone groups is 1. The number of primary amides is 1. The summed E-state index contributed by atoms with van der Waals surface area (Å²) in [5.74, 6) is -2.15. The molecule has 0 fully saturated rings. The van der Waals surface area contributed by atoms with Crippen LogP contribution in [-0.4, -0.2) is 59.6 Å². The molecule has 3 rings (SSSR count). The van der Waals surface area contributed by atoms with Crippen molar-refractivity contribution in [3.63, 3.8) is 0 Å². The van der Waals surface area contributed by atoms with Gasteiger partial charge in [0, 0.05) is 17.9 Å². The van der Waals surface area contributed by atoms with Crippen LogP contribution in [0.15, 0.2) is 46.2 Å². The van der Waals surface area contributed by atoms with Crippen LogP contribution in [0.2, 0.25) is 0 Å². The summed E-state index contributed by atoms with van der Waals surface area (Å²) in [7, 11) is -3.97. The molecule has 0 bridgehead atoms. The Morgan fingerprint density at radius 3 is 2.57 bits per heavy atom. The SMILES string of the molecule is CC1N=C(n2ncnc2[C@H](C)NC(=O)c2cc(OC(F)(F)F)cc(S(C)(=O)=O)c2)C=C(C(N)=O)N1. The van der Waals surface area contributed by atoms with E-state index in [1.165, 1.54) is 24.0 Å². The lowest BCUT2D eigenvalue weighted by molar-refractivity contribution is -0.274. The van der Waals surface area contributed by atoms with E-state index in [1.54, 1.807) is 6.92 Å². The summed E-state index contributed by atoms with van der Waals surface area (Å²) in [6, 6.07) is 1.47. The molecule has 0 radical (unpaired) electrons. The first kappa shape index (κ1) is 25.7. The number of nitrogens with two attached hydrogens (primary N) is 1. The minimum absolute atomic E-state index is 0.0791. The lowest BCUT2D eigenvalue weighted by atomic mass is 10.2. The highest BCUT2D eigenvalue weighted by atomic mass is 32.2. The topological polar surface area (TPSA) is 171 Å². The Kier molecular flexibility index (Phi) is 6.86. The van der Waals surface area contributed by atoms with Crippen LogP contribution in [0, 0.1) is 0 Å². The van der Waals surface area contributed by atoms with E-state index in [2.05, 4.69) is 30.4 Å². The van der Waals surface area contributed by atoms with Crippen molar-refractivity contribution in [2.45, 2.75) is 37.3 Å². The Bertz CT molecular complexity index is 1330. The number of carbonyl (C=O) groups excluding carboxylic acids is 2. The number of hydrogen-bond acceptors (Lipinski definition) is 9. The van der Waals surface area contributed by atoms with E-state index in [9.17, 15) is 31.2 Å². The van der Waals surface area contributed by atoms with Crippen LogP contribution in [-0.2, 0) is 14.6 Å². The number of rotatable bonds is 6. The fraction of sp³-hybridized carbons (Fsp3) is 0.316. The summed E-state index contributed by atoms with van der Waals surface area (Å²) < 4.78 is 66.9. The maximum atomic E-state index is 12.8. The van der Waals surface area contributed by atoms with Gasteiger partial charge in [0.25, 0.3) is 11.8 Å². The van der Waals surface area contributed by atoms with Crippen LogP contribution >= 0.6 is 0 Å². The predicted octanol–water partition coefficient (Wildman–Crippen LogP) is 0.636.